The van der Waals surface area contributed by atoms with Crippen LogP contribution in [0.2, 0.25) is 5.02 Å². The normalized spacial score (nSPS) is 11.0. The first-order valence-corrected chi connectivity index (χ1v) is 5.52. The van der Waals surface area contributed by atoms with Crippen molar-refractivity contribution in [1.29, 1.82) is 0 Å². The lowest BCUT2D eigenvalue weighted by Crippen LogP contribution is -2.37. The van der Waals surface area contributed by atoms with E-state index in [9.17, 15) is 9.59 Å². The quantitative estimate of drug-likeness (QED) is 0.731. The minimum absolute atomic E-state index is 0.237. The molecule has 0 aromatic carbocycles. The maximum absolute atomic E-state index is 11.9. The molecular weight excluding hydrogens is 297 g/mol. The highest BCUT2D eigenvalue weighted by atomic mass is 79.9. The molecule has 0 aliphatic rings. The lowest BCUT2D eigenvalue weighted by Gasteiger charge is -2.07. The summed E-state index contributed by atoms with van der Waals surface area (Å²) in [5.41, 5.74) is -0.596. The van der Waals surface area contributed by atoms with E-state index in [0.717, 1.165) is 4.57 Å². The van der Waals surface area contributed by atoms with Gasteiger partial charge in [0.1, 0.15) is 5.39 Å². The van der Waals surface area contributed by atoms with Gasteiger partial charge in [0.15, 0.2) is 5.65 Å². The van der Waals surface area contributed by atoms with Crippen LogP contribution in [0, 0.1) is 0 Å². The Kier molecular flexibility index (Phi) is 2.63. The van der Waals surface area contributed by atoms with E-state index < -0.39 is 11.2 Å². The molecule has 0 saturated heterocycles. The van der Waals surface area contributed by atoms with Gasteiger partial charge in [0, 0.05) is 20.3 Å². The van der Waals surface area contributed by atoms with Gasteiger partial charge in [-0.3, -0.25) is 13.9 Å². The summed E-state index contributed by atoms with van der Waals surface area (Å²) in [6.45, 7) is 0. The first kappa shape index (κ1) is 11.3. The van der Waals surface area contributed by atoms with Crippen molar-refractivity contribution in [1.82, 2.24) is 14.1 Å². The molecule has 0 N–H and O–H groups in total. The largest absolute Gasteiger partial charge is 0.332 e. The van der Waals surface area contributed by atoms with Crippen LogP contribution in [0.25, 0.3) is 11.0 Å². The average Bonchev–Trinajstić information content (AvgIpc) is 2.27. The van der Waals surface area contributed by atoms with Crippen LogP contribution in [0.5, 0.6) is 0 Å². The summed E-state index contributed by atoms with van der Waals surface area (Å²) in [6, 6.07) is 0. The van der Waals surface area contributed by atoms with Gasteiger partial charge in [-0.25, -0.2) is 9.78 Å². The zero-order valence-electron chi connectivity index (χ0n) is 8.49. The van der Waals surface area contributed by atoms with Crippen LogP contribution in [0.1, 0.15) is 0 Å². The molecule has 0 bridgehead atoms. The van der Waals surface area contributed by atoms with E-state index in [-0.39, 0.29) is 16.1 Å². The maximum Gasteiger partial charge on any atom is 0.332 e. The molecule has 84 valence electrons. The van der Waals surface area contributed by atoms with Crippen molar-refractivity contribution < 1.29 is 0 Å². The number of fused-ring (bicyclic) bond motifs is 1. The highest BCUT2D eigenvalue weighted by molar-refractivity contribution is 9.10. The average molecular weight is 305 g/mol. The van der Waals surface area contributed by atoms with Crippen LogP contribution >= 0.6 is 27.5 Å². The predicted octanol–water partition coefficient (Wildman–Crippen LogP) is 1.05. The fourth-order valence-corrected chi connectivity index (χ4v) is 1.99. The fourth-order valence-electron chi connectivity index (χ4n) is 1.47. The fraction of sp³-hybridized carbons (Fsp3) is 0.222. The van der Waals surface area contributed by atoms with Crippen molar-refractivity contribution in [3.05, 3.63) is 36.5 Å². The van der Waals surface area contributed by atoms with Gasteiger partial charge in [-0.15, -0.1) is 0 Å². The van der Waals surface area contributed by atoms with E-state index in [2.05, 4.69) is 20.9 Å². The number of halogens is 2. The summed E-state index contributed by atoms with van der Waals surface area (Å²) in [5, 5.41) is 0.502. The number of rotatable bonds is 0. The molecule has 2 aromatic heterocycles. The Morgan fingerprint density at radius 1 is 1.31 bits per heavy atom. The Labute approximate surface area is 103 Å². The lowest BCUT2D eigenvalue weighted by molar-refractivity contribution is 0.707. The Balaban J connectivity index is 3.22. The zero-order valence-corrected chi connectivity index (χ0v) is 10.8. The number of nitrogens with zero attached hydrogens (tertiary/aromatic N) is 3. The SMILES string of the molecule is Cn1c(=O)c2c(Cl)c(Br)cnc2n(C)c1=O. The van der Waals surface area contributed by atoms with Crippen LogP contribution in [0.4, 0.5) is 0 Å². The van der Waals surface area contributed by atoms with E-state index >= 15 is 0 Å². The number of pyridine rings is 1. The summed E-state index contributed by atoms with van der Waals surface area (Å²) in [4.78, 5) is 27.5. The third-order valence-electron chi connectivity index (χ3n) is 2.36. The topological polar surface area (TPSA) is 56.9 Å². The van der Waals surface area contributed by atoms with E-state index in [4.69, 9.17) is 11.6 Å². The third kappa shape index (κ3) is 1.41. The van der Waals surface area contributed by atoms with E-state index in [1.165, 1.54) is 17.8 Å². The number of aryl methyl sites for hydroxylation is 1. The first-order chi connectivity index (χ1) is 7.45. The van der Waals surface area contributed by atoms with Crippen molar-refractivity contribution in [3.63, 3.8) is 0 Å². The van der Waals surface area contributed by atoms with Crippen molar-refractivity contribution >= 4 is 38.6 Å². The van der Waals surface area contributed by atoms with Crippen LogP contribution in [-0.4, -0.2) is 14.1 Å². The molecule has 0 atom stereocenters. The van der Waals surface area contributed by atoms with Crippen molar-refractivity contribution in [2.24, 2.45) is 14.1 Å². The third-order valence-corrected chi connectivity index (χ3v) is 3.59. The van der Waals surface area contributed by atoms with Gasteiger partial charge in [-0.2, -0.15) is 0 Å². The smallest absolute Gasteiger partial charge is 0.280 e. The highest BCUT2D eigenvalue weighted by Gasteiger charge is 2.14. The van der Waals surface area contributed by atoms with Gasteiger partial charge in [0.05, 0.1) is 9.50 Å². The Morgan fingerprint density at radius 2 is 1.94 bits per heavy atom. The Hall–Kier alpha value is -1.14. The highest BCUT2D eigenvalue weighted by Crippen LogP contribution is 2.26. The molecule has 2 aromatic rings. The first-order valence-electron chi connectivity index (χ1n) is 4.35. The Bertz CT molecular complexity index is 704. The summed E-state index contributed by atoms with van der Waals surface area (Å²) < 4.78 is 2.81. The molecule has 7 heteroatoms. The molecule has 0 spiro atoms. The van der Waals surface area contributed by atoms with E-state index in [1.54, 1.807) is 7.05 Å². The van der Waals surface area contributed by atoms with Crippen molar-refractivity contribution in [3.8, 4) is 0 Å². The monoisotopic (exact) mass is 303 g/mol. The molecule has 0 unspecified atom stereocenters. The Morgan fingerprint density at radius 3 is 2.56 bits per heavy atom. The molecule has 0 radical (unpaired) electrons. The molecule has 2 rings (SSSR count). The zero-order chi connectivity index (χ0) is 12.0. The second-order valence-corrected chi connectivity index (χ2v) is 4.56. The summed E-state index contributed by atoms with van der Waals surface area (Å²) in [7, 11) is 2.95. The van der Waals surface area contributed by atoms with Gasteiger partial charge in [0.2, 0.25) is 0 Å². The predicted molar refractivity (Wildman–Crippen MR) is 64.9 cm³/mol. The molecular formula is C9H7BrClN3O2. The summed E-state index contributed by atoms with van der Waals surface area (Å²) in [6.07, 6.45) is 1.46. The molecule has 0 aliphatic carbocycles. The number of aromatic nitrogens is 3. The van der Waals surface area contributed by atoms with Crippen LogP contribution in [0.3, 0.4) is 0 Å². The molecule has 0 aliphatic heterocycles. The number of hydrogen-bond donors (Lipinski definition) is 0. The molecule has 0 saturated carbocycles. The second kappa shape index (κ2) is 3.71. The van der Waals surface area contributed by atoms with Crippen LogP contribution in [0.15, 0.2) is 20.3 Å². The summed E-state index contributed by atoms with van der Waals surface area (Å²) in [5.74, 6) is 0. The van der Waals surface area contributed by atoms with Gasteiger partial charge in [-0.05, 0) is 15.9 Å². The molecule has 2 heterocycles. The van der Waals surface area contributed by atoms with Crippen molar-refractivity contribution in [2.75, 3.05) is 0 Å². The van der Waals surface area contributed by atoms with Crippen LogP contribution < -0.4 is 11.2 Å². The standard InChI is InChI=1S/C9H7BrClN3O2/c1-13-7-5(6(11)4(10)3-12-7)8(15)14(2)9(13)16/h3H,1-2H3. The van der Waals surface area contributed by atoms with E-state index in [0.29, 0.717) is 4.47 Å². The minimum Gasteiger partial charge on any atom is -0.280 e. The van der Waals surface area contributed by atoms with Gasteiger partial charge in [0.25, 0.3) is 5.56 Å². The van der Waals surface area contributed by atoms with E-state index in [1.807, 2.05) is 0 Å². The number of hydrogen-bond acceptors (Lipinski definition) is 3. The maximum atomic E-state index is 11.9. The minimum atomic E-state index is -0.447. The van der Waals surface area contributed by atoms with Crippen LogP contribution in [-0.2, 0) is 14.1 Å². The lowest BCUT2D eigenvalue weighted by atomic mass is 10.3. The van der Waals surface area contributed by atoms with Gasteiger partial charge in [-0.1, -0.05) is 11.6 Å². The molecule has 0 fully saturated rings. The molecule has 16 heavy (non-hydrogen) atoms. The second-order valence-electron chi connectivity index (χ2n) is 3.32. The molecule has 0 amide bonds. The summed E-state index contributed by atoms with van der Waals surface area (Å²) >= 11 is 9.20. The van der Waals surface area contributed by atoms with Gasteiger partial charge < -0.3 is 0 Å². The molecule has 5 nitrogen and oxygen atoms in total. The van der Waals surface area contributed by atoms with Crippen molar-refractivity contribution in [2.45, 2.75) is 0 Å². The van der Waals surface area contributed by atoms with Gasteiger partial charge >= 0.3 is 5.69 Å².